The molecule has 0 bridgehead atoms. The number of nitrogens with one attached hydrogen (secondary N) is 1. The zero-order valence-electron chi connectivity index (χ0n) is 13.9. The zero-order valence-corrected chi connectivity index (χ0v) is 14.7. The van der Waals surface area contributed by atoms with Gasteiger partial charge in [0.05, 0.1) is 27.5 Å². The molecule has 0 saturated carbocycles. The topological polar surface area (TPSA) is 75.2 Å². The lowest BCUT2D eigenvalue weighted by molar-refractivity contribution is 0.0692. The number of benzene rings is 2. The summed E-state index contributed by atoms with van der Waals surface area (Å²) < 4.78 is 20.3. The highest BCUT2D eigenvalue weighted by Gasteiger charge is 2.37. The molecule has 4 rings (SSSR count). The number of carboxylic acids is 1. The fourth-order valence-electron chi connectivity index (χ4n) is 3.11. The van der Waals surface area contributed by atoms with E-state index in [0.717, 1.165) is 0 Å². The van der Waals surface area contributed by atoms with Gasteiger partial charge >= 0.3 is 5.97 Å². The van der Waals surface area contributed by atoms with Gasteiger partial charge in [0, 0.05) is 5.56 Å². The van der Waals surface area contributed by atoms with Gasteiger partial charge in [0.25, 0.3) is 0 Å². The first kappa shape index (κ1) is 16.6. The van der Waals surface area contributed by atoms with E-state index < -0.39 is 17.4 Å². The van der Waals surface area contributed by atoms with Crippen LogP contribution in [0.25, 0.3) is 22.6 Å². The van der Waals surface area contributed by atoms with Crippen molar-refractivity contribution in [2.24, 2.45) is 0 Å². The lowest BCUT2D eigenvalue weighted by Crippen LogP contribution is -2.29. The maximum absolute atomic E-state index is 14.3. The number of halogens is 2. The zero-order chi connectivity index (χ0) is 18.6. The number of rotatable bonds is 2. The molecule has 0 aliphatic carbocycles. The Labute approximate surface area is 153 Å². The molecule has 0 spiro atoms. The third-order valence-corrected chi connectivity index (χ3v) is 4.67. The normalized spacial score (nSPS) is 14.3. The van der Waals surface area contributed by atoms with Gasteiger partial charge in [-0.05, 0) is 44.2 Å². The maximum Gasteiger partial charge on any atom is 0.335 e. The van der Waals surface area contributed by atoms with Gasteiger partial charge in [-0.2, -0.15) is 0 Å². The average Bonchev–Trinajstić information content (AvgIpc) is 3.00. The average molecular weight is 373 g/mol. The lowest BCUT2D eigenvalue weighted by atomic mass is 9.94. The van der Waals surface area contributed by atoms with Crippen molar-refractivity contribution in [1.29, 1.82) is 0 Å². The third kappa shape index (κ3) is 2.45. The van der Waals surface area contributed by atoms with Gasteiger partial charge in [-0.25, -0.2) is 14.2 Å². The van der Waals surface area contributed by atoms with Gasteiger partial charge in [-0.15, -0.1) is 0 Å². The van der Waals surface area contributed by atoms with Crippen LogP contribution < -0.4 is 4.74 Å². The first-order chi connectivity index (χ1) is 12.3. The molecule has 0 atom stereocenters. The molecule has 7 heteroatoms. The molecular formula is C19H14ClFN2O3. The van der Waals surface area contributed by atoms with Crippen LogP contribution in [0.3, 0.4) is 0 Å². The Morgan fingerprint density at radius 1 is 1.31 bits per heavy atom. The Hall–Kier alpha value is -2.86. The molecule has 3 aromatic rings. The quantitative estimate of drug-likeness (QED) is 0.673. The van der Waals surface area contributed by atoms with Crippen molar-refractivity contribution >= 4 is 17.6 Å². The van der Waals surface area contributed by atoms with E-state index in [9.17, 15) is 14.3 Å². The molecular weight excluding hydrogens is 359 g/mol. The largest absolute Gasteiger partial charge is 0.481 e. The molecule has 1 aromatic heterocycles. The van der Waals surface area contributed by atoms with Crippen LogP contribution in [-0.2, 0) is 5.60 Å². The van der Waals surface area contributed by atoms with Crippen molar-refractivity contribution in [3.63, 3.8) is 0 Å². The van der Waals surface area contributed by atoms with E-state index in [4.69, 9.17) is 16.3 Å². The van der Waals surface area contributed by atoms with Crippen molar-refractivity contribution < 1.29 is 19.0 Å². The Morgan fingerprint density at radius 3 is 2.77 bits per heavy atom. The van der Waals surface area contributed by atoms with E-state index in [1.807, 2.05) is 13.8 Å². The van der Waals surface area contributed by atoms with Crippen molar-refractivity contribution in [2.45, 2.75) is 19.4 Å². The van der Waals surface area contributed by atoms with Crippen LogP contribution in [0, 0.1) is 5.82 Å². The molecule has 0 amide bonds. The number of imidazole rings is 1. The van der Waals surface area contributed by atoms with Crippen LogP contribution in [0.5, 0.6) is 5.75 Å². The van der Waals surface area contributed by atoms with Gasteiger partial charge < -0.3 is 14.8 Å². The van der Waals surface area contributed by atoms with E-state index in [-0.39, 0.29) is 16.1 Å². The van der Waals surface area contributed by atoms with E-state index in [1.54, 1.807) is 12.1 Å². The van der Waals surface area contributed by atoms with Crippen LogP contribution >= 0.6 is 11.6 Å². The monoisotopic (exact) mass is 372 g/mol. The predicted octanol–water partition coefficient (Wildman–Crippen LogP) is 4.86. The maximum atomic E-state index is 14.3. The minimum absolute atomic E-state index is 0.121. The van der Waals surface area contributed by atoms with E-state index >= 15 is 0 Å². The third-order valence-electron chi connectivity index (χ3n) is 4.35. The van der Waals surface area contributed by atoms with Gasteiger partial charge in [-0.1, -0.05) is 17.7 Å². The van der Waals surface area contributed by atoms with Gasteiger partial charge in [0.2, 0.25) is 0 Å². The second-order valence-electron chi connectivity index (χ2n) is 6.53. The summed E-state index contributed by atoms with van der Waals surface area (Å²) in [7, 11) is 0. The van der Waals surface area contributed by atoms with Crippen LogP contribution in [0.15, 0.2) is 36.4 Å². The van der Waals surface area contributed by atoms with Crippen LogP contribution in [0.4, 0.5) is 4.39 Å². The van der Waals surface area contributed by atoms with Crippen molar-refractivity contribution in [3.8, 4) is 28.4 Å². The van der Waals surface area contributed by atoms with Gasteiger partial charge in [0.15, 0.2) is 0 Å². The van der Waals surface area contributed by atoms with Gasteiger partial charge in [0.1, 0.15) is 23.0 Å². The molecule has 2 aromatic carbocycles. The van der Waals surface area contributed by atoms with Crippen molar-refractivity contribution in [2.75, 3.05) is 0 Å². The first-order valence-electron chi connectivity index (χ1n) is 7.89. The number of aromatic carboxylic acids is 1. The fraction of sp³-hybridized carbons (Fsp3) is 0.158. The second-order valence-corrected chi connectivity index (χ2v) is 6.94. The van der Waals surface area contributed by atoms with E-state index in [0.29, 0.717) is 28.5 Å². The van der Waals surface area contributed by atoms with E-state index in [2.05, 4.69) is 9.97 Å². The molecule has 1 aliphatic rings. The summed E-state index contributed by atoms with van der Waals surface area (Å²) in [5.41, 5.74) is 1.39. The standard InChI is InChI=1S/C19H14ClFN2O3/c1-19(2)16-15(10-7-6-9(18(24)25)8-13(10)26-19)22-17(23-16)14-11(20)4-3-5-12(14)21/h3-8H,1-2H3,(H,22,23)(H,24,25). The summed E-state index contributed by atoms with van der Waals surface area (Å²) in [6, 6.07) is 9.03. The molecule has 26 heavy (non-hydrogen) atoms. The Kier molecular flexibility index (Phi) is 3.56. The van der Waals surface area contributed by atoms with Gasteiger partial charge in [-0.3, -0.25) is 0 Å². The Bertz CT molecular complexity index is 1040. The second kappa shape index (κ2) is 5.57. The highest BCUT2D eigenvalue weighted by molar-refractivity contribution is 6.33. The van der Waals surface area contributed by atoms with Crippen molar-refractivity contribution in [1.82, 2.24) is 9.97 Å². The summed E-state index contributed by atoms with van der Waals surface area (Å²) >= 11 is 6.16. The minimum atomic E-state index is -1.04. The molecule has 1 aliphatic heterocycles. The molecule has 2 N–H and O–H groups in total. The Balaban J connectivity index is 1.94. The number of ether oxygens (including phenoxy) is 1. The number of carboxylic acid groups (broad SMARTS) is 1. The number of hydrogen-bond acceptors (Lipinski definition) is 3. The van der Waals surface area contributed by atoms with E-state index in [1.165, 1.54) is 24.3 Å². The predicted molar refractivity (Wildman–Crippen MR) is 95.0 cm³/mol. The summed E-state index contributed by atoms with van der Waals surface area (Å²) in [6.45, 7) is 3.65. The number of aromatic amines is 1. The van der Waals surface area contributed by atoms with Crippen LogP contribution in [0.2, 0.25) is 5.02 Å². The minimum Gasteiger partial charge on any atom is -0.481 e. The Morgan fingerprint density at radius 2 is 2.08 bits per heavy atom. The van der Waals surface area contributed by atoms with Crippen LogP contribution in [-0.4, -0.2) is 21.0 Å². The molecule has 2 heterocycles. The fourth-order valence-corrected chi connectivity index (χ4v) is 3.36. The highest BCUT2D eigenvalue weighted by atomic mass is 35.5. The molecule has 132 valence electrons. The number of fused-ring (bicyclic) bond motifs is 3. The molecule has 0 radical (unpaired) electrons. The summed E-state index contributed by atoms with van der Waals surface area (Å²) in [4.78, 5) is 18.9. The number of nitrogens with zero attached hydrogens (tertiary/aromatic N) is 1. The summed E-state index contributed by atoms with van der Waals surface area (Å²) in [5.74, 6) is -0.811. The molecule has 5 nitrogen and oxygen atoms in total. The van der Waals surface area contributed by atoms with Crippen molar-refractivity contribution in [3.05, 3.63) is 58.5 Å². The van der Waals surface area contributed by atoms with Crippen LogP contribution in [0.1, 0.15) is 29.9 Å². The summed E-state index contributed by atoms with van der Waals surface area (Å²) in [6.07, 6.45) is 0. The smallest absolute Gasteiger partial charge is 0.335 e. The SMILES string of the molecule is CC1(C)Oc2cc(C(=O)O)ccc2-c2nc(-c3c(F)cccc3Cl)[nH]c21. The lowest BCUT2D eigenvalue weighted by Gasteiger charge is -2.31. The number of carbonyl (C=O) groups is 1. The number of aromatic nitrogens is 2. The summed E-state index contributed by atoms with van der Waals surface area (Å²) in [5, 5.41) is 9.44. The number of H-pyrrole nitrogens is 1. The molecule has 0 fully saturated rings. The highest BCUT2D eigenvalue weighted by Crippen LogP contribution is 2.45. The first-order valence-corrected chi connectivity index (χ1v) is 8.27. The molecule has 0 saturated heterocycles. The number of hydrogen-bond donors (Lipinski definition) is 2. The molecule has 0 unspecified atom stereocenters.